The zero-order valence-corrected chi connectivity index (χ0v) is 11.7. The van der Waals surface area contributed by atoms with Crippen molar-refractivity contribution in [2.24, 2.45) is 0 Å². The highest BCUT2D eigenvalue weighted by Crippen LogP contribution is 2.30. The number of rotatable bonds is 3. The Kier molecular flexibility index (Phi) is 3.65. The van der Waals surface area contributed by atoms with E-state index in [9.17, 15) is 0 Å². The SMILES string of the molecule is CNC(c1ccc(C)s1)c1cccc(C)c1C. The van der Waals surface area contributed by atoms with Gasteiger partial charge in [-0.05, 0) is 56.6 Å². The van der Waals surface area contributed by atoms with E-state index in [4.69, 9.17) is 0 Å². The molecular weight excluding hydrogens is 226 g/mol. The highest BCUT2D eigenvalue weighted by atomic mass is 32.1. The Morgan fingerprint density at radius 3 is 2.41 bits per heavy atom. The lowest BCUT2D eigenvalue weighted by atomic mass is 9.96. The molecule has 1 heterocycles. The second kappa shape index (κ2) is 5.03. The molecule has 1 nitrogen and oxygen atoms in total. The van der Waals surface area contributed by atoms with Crippen molar-refractivity contribution in [2.45, 2.75) is 26.8 Å². The fourth-order valence-electron chi connectivity index (χ4n) is 2.15. The highest BCUT2D eigenvalue weighted by Gasteiger charge is 2.16. The van der Waals surface area contributed by atoms with Gasteiger partial charge in [-0.25, -0.2) is 0 Å². The number of aryl methyl sites for hydroxylation is 2. The molecule has 0 aliphatic heterocycles. The first-order chi connectivity index (χ1) is 8.13. The van der Waals surface area contributed by atoms with E-state index in [1.807, 2.05) is 18.4 Å². The third kappa shape index (κ3) is 2.43. The van der Waals surface area contributed by atoms with E-state index in [-0.39, 0.29) is 0 Å². The van der Waals surface area contributed by atoms with E-state index in [0.717, 1.165) is 0 Å². The van der Waals surface area contributed by atoms with E-state index in [0.29, 0.717) is 6.04 Å². The van der Waals surface area contributed by atoms with Crippen molar-refractivity contribution in [3.63, 3.8) is 0 Å². The maximum Gasteiger partial charge on any atom is 0.0671 e. The molecule has 0 fully saturated rings. The number of thiophene rings is 1. The fourth-order valence-corrected chi connectivity index (χ4v) is 3.15. The second-order valence-corrected chi connectivity index (χ2v) is 5.78. The quantitative estimate of drug-likeness (QED) is 0.862. The minimum atomic E-state index is 0.314. The first-order valence-electron chi connectivity index (χ1n) is 5.93. The summed E-state index contributed by atoms with van der Waals surface area (Å²) < 4.78 is 0. The molecule has 0 radical (unpaired) electrons. The van der Waals surface area contributed by atoms with E-state index in [2.05, 4.69) is 56.4 Å². The Morgan fingerprint density at radius 1 is 1.06 bits per heavy atom. The molecule has 1 atom stereocenters. The van der Waals surface area contributed by atoms with Crippen LogP contribution in [0, 0.1) is 20.8 Å². The Hall–Kier alpha value is -1.12. The monoisotopic (exact) mass is 245 g/mol. The number of nitrogens with one attached hydrogen (secondary N) is 1. The third-order valence-electron chi connectivity index (χ3n) is 3.29. The topological polar surface area (TPSA) is 12.0 Å². The van der Waals surface area contributed by atoms with Gasteiger partial charge in [-0.1, -0.05) is 18.2 Å². The molecule has 2 aromatic rings. The number of benzene rings is 1. The van der Waals surface area contributed by atoms with Gasteiger partial charge in [-0.3, -0.25) is 0 Å². The van der Waals surface area contributed by atoms with Crippen molar-refractivity contribution < 1.29 is 0 Å². The predicted molar refractivity (Wildman–Crippen MR) is 75.9 cm³/mol. The van der Waals surface area contributed by atoms with Crippen LogP contribution in [0.15, 0.2) is 30.3 Å². The molecule has 0 spiro atoms. The molecule has 2 heteroatoms. The van der Waals surface area contributed by atoms with Crippen LogP contribution in [-0.2, 0) is 0 Å². The Morgan fingerprint density at radius 2 is 1.82 bits per heavy atom. The molecule has 0 saturated heterocycles. The summed E-state index contributed by atoms with van der Waals surface area (Å²) in [6.45, 7) is 6.53. The van der Waals surface area contributed by atoms with E-state index >= 15 is 0 Å². The molecule has 0 aliphatic rings. The minimum Gasteiger partial charge on any atom is -0.309 e. The van der Waals surface area contributed by atoms with Gasteiger partial charge in [-0.2, -0.15) is 0 Å². The van der Waals surface area contributed by atoms with Gasteiger partial charge in [0.2, 0.25) is 0 Å². The standard InChI is InChI=1S/C15H19NS/c1-10-6-5-7-13(12(10)3)15(16-4)14-9-8-11(2)17-14/h5-9,15-16H,1-4H3. The summed E-state index contributed by atoms with van der Waals surface area (Å²) >= 11 is 1.87. The first-order valence-corrected chi connectivity index (χ1v) is 6.75. The van der Waals surface area contributed by atoms with Gasteiger partial charge >= 0.3 is 0 Å². The number of hydrogen-bond donors (Lipinski definition) is 1. The molecule has 1 unspecified atom stereocenters. The predicted octanol–water partition coefficient (Wildman–Crippen LogP) is 3.98. The average Bonchev–Trinajstić information content (AvgIpc) is 2.72. The molecule has 90 valence electrons. The van der Waals surface area contributed by atoms with Crippen LogP contribution >= 0.6 is 11.3 Å². The van der Waals surface area contributed by atoms with Crippen LogP contribution in [0.5, 0.6) is 0 Å². The smallest absolute Gasteiger partial charge is 0.0671 e. The zero-order chi connectivity index (χ0) is 12.4. The van der Waals surface area contributed by atoms with Crippen LogP contribution in [0.4, 0.5) is 0 Å². The zero-order valence-electron chi connectivity index (χ0n) is 10.9. The molecule has 0 aliphatic carbocycles. The van der Waals surface area contributed by atoms with Crippen molar-refractivity contribution in [3.05, 3.63) is 56.8 Å². The molecule has 1 N–H and O–H groups in total. The van der Waals surface area contributed by atoms with Crippen LogP contribution < -0.4 is 5.32 Å². The normalized spacial score (nSPS) is 12.7. The molecule has 1 aromatic carbocycles. The Bertz CT molecular complexity index is 513. The number of hydrogen-bond acceptors (Lipinski definition) is 2. The summed E-state index contributed by atoms with van der Waals surface area (Å²) in [4.78, 5) is 2.75. The van der Waals surface area contributed by atoms with Crippen LogP contribution in [-0.4, -0.2) is 7.05 Å². The van der Waals surface area contributed by atoms with Gasteiger partial charge in [0.05, 0.1) is 6.04 Å². The van der Waals surface area contributed by atoms with Crippen LogP contribution in [0.3, 0.4) is 0 Å². The van der Waals surface area contributed by atoms with Crippen LogP contribution in [0.2, 0.25) is 0 Å². The molecular formula is C15H19NS. The van der Waals surface area contributed by atoms with Crippen molar-refractivity contribution in [1.29, 1.82) is 0 Å². The van der Waals surface area contributed by atoms with Crippen LogP contribution in [0.1, 0.15) is 32.5 Å². The molecule has 1 aromatic heterocycles. The fraction of sp³-hybridized carbons (Fsp3) is 0.333. The lowest BCUT2D eigenvalue weighted by Gasteiger charge is -2.18. The van der Waals surface area contributed by atoms with Crippen molar-refractivity contribution >= 4 is 11.3 Å². The highest BCUT2D eigenvalue weighted by molar-refractivity contribution is 7.12. The second-order valence-electron chi connectivity index (χ2n) is 4.46. The Labute approximate surface area is 108 Å². The van der Waals surface area contributed by atoms with Gasteiger partial charge in [0, 0.05) is 9.75 Å². The Balaban J connectivity index is 2.45. The lowest BCUT2D eigenvalue weighted by Crippen LogP contribution is -2.17. The third-order valence-corrected chi connectivity index (χ3v) is 4.36. The van der Waals surface area contributed by atoms with Gasteiger partial charge in [0.15, 0.2) is 0 Å². The largest absolute Gasteiger partial charge is 0.309 e. The molecule has 0 bridgehead atoms. The summed E-state index contributed by atoms with van der Waals surface area (Å²) in [5, 5.41) is 3.43. The molecule has 0 amide bonds. The van der Waals surface area contributed by atoms with Gasteiger partial charge < -0.3 is 5.32 Å². The van der Waals surface area contributed by atoms with Crippen molar-refractivity contribution in [3.8, 4) is 0 Å². The summed E-state index contributed by atoms with van der Waals surface area (Å²) in [5.41, 5.74) is 4.13. The van der Waals surface area contributed by atoms with Crippen molar-refractivity contribution in [1.82, 2.24) is 5.32 Å². The average molecular weight is 245 g/mol. The minimum absolute atomic E-state index is 0.314. The van der Waals surface area contributed by atoms with E-state index in [1.54, 1.807) is 0 Å². The molecule has 0 saturated carbocycles. The van der Waals surface area contributed by atoms with E-state index < -0.39 is 0 Å². The lowest BCUT2D eigenvalue weighted by molar-refractivity contribution is 0.698. The molecule has 17 heavy (non-hydrogen) atoms. The summed E-state index contributed by atoms with van der Waals surface area (Å²) in [6, 6.07) is 11.3. The first kappa shape index (κ1) is 12.3. The summed E-state index contributed by atoms with van der Waals surface area (Å²) in [6.07, 6.45) is 0. The summed E-state index contributed by atoms with van der Waals surface area (Å²) in [7, 11) is 2.03. The van der Waals surface area contributed by atoms with Gasteiger partial charge in [0.25, 0.3) is 0 Å². The molecule has 2 rings (SSSR count). The maximum absolute atomic E-state index is 3.43. The summed E-state index contributed by atoms with van der Waals surface area (Å²) in [5.74, 6) is 0. The van der Waals surface area contributed by atoms with Crippen molar-refractivity contribution in [2.75, 3.05) is 7.05 Å². The van der Waals surface area contributed by atoms with E-state index in [1.165, 1.54) is 26.4 Å². The van der Waals surface area contributed by atoms with Gasteiger partial charge in [0.1, 0.15) is 0 Å². The van der Waals surface area contributed by atoms with Crippen LogP contribution in [0.25, 0.3) is 0 Å². The van der Waals surface area contributed by atoms with Gasteiger partial charge in [-0.15, -0.1) is 11.3 Å². The maximum atomic E-state index is 3.43.